The topological polar surface area (TPSA) is 116 Å². The van der Waals surface area contributed by atoms with Gasteiger partial charge in [0.25, 0.3) is 5.91 Å². The zero-order chi connectivity index (χ0) is 29.4. The van der Waals surface area contributed by atoms with E-state index in [1.165, 1.54) is 7.11 Å². The minimum atomic E-state index is -1.32. The van der Waals surface area contributed by atoms with Gasteiger partial charge in [-0.1, -0.05) is 26.8 Å². The minimum absolute atomic E-state index is 0.214. The van der Waals surface area contributed by atoms with Crippen molar-refractivity contribution in [3.05, 3.63) is 65.1 Å². The van der Waals surface area contributed by atoms with Crippen LogP contribution in [0.25, 0.3) is 5.70 Å². The third-order valence-corrected chi connectivity index (χ3v) is 7.11. The minimum Gasteiger partial charge on any atom is -0.492 e. The number of hydrazine groups is 2. The quantitative estimate of drug-likeness (QED) is 0.325. The van der Waals surface area contributed by atoms with E-state index in [1.807, 2.05) is 79.2 Å². The summed E-state index contributed by atoms with van der Waals surface area (Å²) in [5.74, 6) is 0.948. The number of nitrogens with one attached hydrogen (secondary N) is 4. The summed E-state index contributed by atoms with van der Waals surface area (Å²) in [6.07, 6.45) is 5.29. The van der Waals surface area contributed by atoms with E-state index in [4.69, 9.17) is 4.74 Å². The zero-order valence-corrected chi connectivity index (χ0v) is 25.3. The molecule has 0 radical (unpaired) electrons. The van der Waals surface area contributed by atoms with Crippen LogP contribution in [0.2, 0.25) is 0 Å². The Kier molecular flexibility index (Phi) is 8.13. The first kappa shape index (κ1) is 29.0. The number of methoxy groups -OCH3 is 1. The lowest BCUT2D eigenvalue weighted by Crippen LogP contribution is -2.36. The molecule has 0 aliphatic carbocycles. The molecule has 2 heterocycles. The van der Waals surface area contributed by atoms with E-state index < -0.39 is 11.0 Å². The summed E-state index contributed by atoms with van der Waals surface area (Å²) < 4.78 is 22.5. The fraction of sp³-hybridized carbons (Fsp3) is 0.357. The first-order valence-electron chi connectivity index (χ1n) is 12.8. The van der Waals surface area contributed by atoms with E-state index in [0.29, 0.717) is 22.7 Å². The number of carbonyl (C=O) groups is 1. The van der Waals surface area contributed by atoms with E-state index in [-0.39, 0.29) is 11.3 Å². The molecule has 11 nitrogen and oxygen atoms in total. The fourth-order valence-electron chi connectivity index (χ4n) is 4.45. The molecule has 4 rings (SSSR count). The van der Waals surface area contributed by atoms with Crippen molar-refractivity contribution in [2.75, 3.05) is 47.4 Å². The summed E-state index contributed by atoms with van der Waals surface area (Å²) in [5, 5.41) is 4.84. The Bertz CT molecular complexity index is 1490. The Morgan fingerprint density at radius 2 is 1.85 bits per heavy atom. The van der Waals surface area contributed by atoms with Gasteiger partial charge in [-0.15, -0.1) is 5.53 Å². The molecule has 214 valence electrons. The van der Waals surface area contributed by atoms with Gasteiger partial charge in [0.2, 0.25) is 5.95 Å². The van der Waals surface area contributed by atoms with E-state index in [0.717, 1.165) is 34.2 Å². The van der Waals surface area contributed by atoms with Crippen molar-refractivity contribution in [2.24, 2.45) is 7.05 Å². The standard InChI is InChI=1S/C28H38N8O3S/c1-17-10-11-18(12-23(17)36-16-22(31-33-36)24-15-29-27(34(5)6)35(24)7)26(37)30-20-13-19(28(2,3)4)14-21(25(20)39-8)32-40(9)38/h10-16,31-33H,1-9H3,(H,30,37). The predicted octanol–water partition coefficient (Wildman–Crippen LogP) is 3.89. The van der Waals surface area contributed by atoms with Crippen molar-refractivity contribution in [1.82, 2.24) is 20.5 Å². The third-order valence-electron chi connectivity index (χ3n) is 6.60. The van der Waals surface area contributed by atoms with Crippen LogP contribution in [-0.2, 0) is 23.4 Å². The van der Waals surface area contributed by atoms with Crippen LogP contribution in [-0.4, -0.2) is 47.1 Å². The number of anilines is 4. The van der Waals surface area contributed by atoms with Crippen molar-refractivity contribution in [3.63, 3.8) is 0 Å². The molecule has 0 fully saturated rings. The number of rotatable bonds is 8. The smallest absolute Gasteiger partial charge is 0.255 e. The average molecular weight is 567 g/mol. The monoisotopic (exact) mass is 566 g/mol. The van der Waals surface area contributed by atoms with Crippen molar-refractivity contribution >= 4 is 45.6 Å². The summed E-state index contributed by atoms with van der Waals surface area (Å²) in [5.41, 5.74) is 12.1. The van der Waals surface area contributed by atoms with E-state index in [1.54, 1.807) is 12.3 Å². The molecular formula is C28H38N8O3S. The number of ether oxygens (including phenoxy) is 1. The normalized spacial score (nSPS) is 13.9. The van der Waals surface area contributed by atoms with Crippen LogP contribution in [0.15, 0.2) is 42.7 Å². The first-order valence-corrected chi connectivity index (χ1v) is 14.3. The van der Waals surface area contributed by atoms with Crippen LogP contribution < -0.4 is 35.6 Å². The number of benzene rings is 2. The Morgan fingerprint density at radius 3 is 2.45 bits per heavy atom. The van der Waals surface area contributed by atoms with E-state index >= 15 is 0 Å². The van der Waals surface area contributed by atoms with Gasteiger partial charge in [0.15, 0.2) is 5.75 Å². The SMILES string of the molecule is COc1c(NC(=O)c2ccc(C)c(N3C=C(c4cnc(N(C)C)n4C)NN3)c2)cc(C(C)(C)C)cc1NS(C)=O. The van der Waals surface area contributed by atoms with Gasteiger partial charge in [0.1, 0.15) is 11.0 Å². The van der Waals surface area contributed by atoms with Gasteiger partial charge in [-0.05, 0) is 47.7 Å². The van der Waals surface area contributed by atoms with Crippen LogP contribution in [0.1, 0.15) is 48.0 Å². The number of nitrogens with zero attached hydrogens (tertiary/aromatic N) is 4. The van der Waals surface area contributed by atoms with Crippen LogP contribution in [0.3, 0.4) is 0 Å². The largest absolute Gasteiger partial charge is 0.492 e. The van der Waals surface area contributed by atoms with Gasteiger partial charge in [0, 0.05) is 33.0 Å². The molecular weight excluding hydrogens is 528 g/mol. The summed E-state index contributed by atoms with van der Waals surface area (Å²) in [6.45, 7) is 8.21. The Labute approximate surface area is 238 Å². The molecule has 4 N–H and O–H groups in total. The highest BCUT2D eigenvalue weighted by atomic mass is 32.2. The van der Waals surface area contributed by atoms with Crippen LogP contribution >= 0.6 is 0 Å². The molecule has 40 heavy (non-hydrogen) atoms. The first-order chi connectivity index (χ1) is 18.8. The highest BCUT2D eigenvalue weighted by Gasteiger charge is 2.23. The Morgan fingerprint density at radius 1 is 1.15 bits per heavy atom. The van der Waals surface area contributed by atoms with Crippen molar-refractivity contribution < 1.29 is 13.7 Å². The molecule has 0 bridgehead atoms. The van der Waals surface area contributed by atoms with Crippen molar-refractivity contribution in [1.29, 1.82) is 0 Å². The molecule has 3 aromatic rings. The van der Waals surface area contributed by atoms with Crippen LogP contribution in [0, 0.1) is 6.92 Å². The number of imidazole rings is 1. The molecule has 1 aliphatic heterocycles. The Hall–Kier alpha value is -4.03. The average Bonchev–Trinajstić information content (AvgIpc) is 3.50. The molecule has 1 aliphatic rings. The number of carbonyl (C=O) groups excluding carboxylic acids is 1. The highest BCUT2D eigenvalue weighted by molar-refractivity contribution is 7.85. The van der Waals surface area contributed by atoms with Crippen LogP contribution in [0.4, 0.5) is 23.0 Å². The van der Waals surface area contributed by atoms with Gasteiger partial charge in [-0.25, -0.2) is 9.19 Å². The molecule has 12 heteroatoms. The number of hydrogen-bond acceptors (Lipinski definition) is 8. The second-order valence-corrected chi connectivity index (χ2v) is 12.0. The lowest BCUT2D eigenvalue weighted by Gasteiger charge is -2.24. The predicted molar refractivity (Wildman–Crippen MR) is 163 cm³/mol. The lowest BCUT2D eigenvalue weighted by atomic mass is 9.86. The molecule has 0 spiro atoms. The maximum Gasteiger partial charge on any atom is 0.255 e. The summed E-state index contributed by atoms with van der Waals surface area (Å²) in [7, 11) is 6.06. The Balaban J connectivity index is 1.65. The molecule has 1 unspecified atom stereocenters. The van der Waals surface area contributed by atoms with Gasteiger partial charge in [-0.3, -0.25) is 15.2 Å². The number of aromatic nitrogens is 2. The van der Waals surface area contributed by atoms with Gasteiger partial charge in [0.05, 0.1) is 48.0 Å². The lowest BCUT2D eigenvalue weighted by molar-refractivity contribution is 0.102. The van der Waals surface area contributed by atoms with Gasteiger partial charge in [-0.2, -0.15) is 0 Å². The maximum atomic E-state index is 13.5. The second-order valence-electron chi connectivity index (χ2n) is 10.9. The number of amides is 1. The molecule has 1 amide bonds. The van der Waals surface area contributed by atoms with E-state index in [2.05, 4.69) is 46.8 Å². The van der Waals surface area contributed by atoms with E-state index in [9.17, 15) is 9.00 Å². The van der Waals surface area contributed by atoms with Crippen molar-refractivity contribution in [2.45, 2.75) is 33.1 Å². The summed E-state index contributed by atoms with van der Waals surface area (Å²) >= 11 is 0. The molecule has 2 aromatic carbocycles. The summed E-state index contributed by atoms with van der Waals surface area (Å²) in [6, 6.07) is 9.31. The summed E-state index contributed by atoms with van der Waals surface area (Å²) in [4.78, 5) is 20.0. The number of hydrogen-bond donors (Lipinski definition) is 4. The highest BCUT2D eigenvalue weighted by Crippen LogP contribution is 2.39. The molecule has 0 saturated heterocycles. The maximum absolute atomic E-state index is 13.5. The van der Waals surface area contributed by atoms with Gasteiger partial charge >= 0.3 is 0 Å². The third kappa shape index (κ3) is 5.92. The molecule has 0 saturated carbocycles. The van der Waals surface area contributed by atoms with Gasteiger partial charge < -0.3 is 24.2 Å². The van der Waals surface area contributed by atoms with Crippen LogP contribution in [0.5, 0.6) is 5.75 Å². The fourth-order valence-corrected chi connectivity index (χ4v) is 4.91. The molecule has 1 aromatic heterocycles. The van der Waals surface area contributed by atoms with Crippen molar-refractivity contribution in [3.8, 4) is 5.75 Å². The zero-order valence-electron chi connectivity index (χ0n) is 24.5. The molecule has 1 atom stereocenters. The second kappa shape index (κ2) is 11.2. The number of aryl methyl sites for hydroxylation is 1.